The summed E-state index contributed by atoms with van der Waals surface area (Å²) in [7, 11) is 9.44. The summed E-state index contributed by atoms with van der Waals surface area (Å²) in [5.74, 6) is 5.44. The molecule has 258 valence electrons. The van der Waals surface area contributed by atoms with Gasteiger partial charge in [-0.05, 0) is 131 Å². The highest BCUT2D eigenvalue weighted by Gasteiger charge is 2.35. The maximum atomic E-state index is 7.07. The second-order valence-electron chi connectivity index (χ2n) is 14.5. The Kier molecular flexibility index (Phi) is 8.88. The largest absolute Gasteiger partial charge is 0.493 e. The maximum absolute atomic E-state index is 7.07. The Morgan fingerprint density at radius 2 is 1.29 bits per heavy atom. The van der Waals surface area contributed by atoms with Crippen LogP contribution in [0.4, 0.5) is 0 Å². The third kappa shape index (κ3) is 6.52. The van der Waals surface area contributed by atoms with Crippen molar-refractivity contribution in [3.05, 3.63) is 94.0 Å². The molecular weight excluding hydrogens is 616 g/mol. The fourth-order valence-corrected chi connectivity index (χ4v) is 7.52. The Bertz CT molecular complexity index is 1850. The monoisotopic (exact) mass is 664 g/mol. The van der Waals surface area contributed by atoms with Gasteiger partial charge in [-0.25, -0.2) is 0 Å². The van der Waals surface area contributed by atoms with E-state index in [9.17, 15) is 0 Å². The van der Waals surface area contributed by atoms with E-state index in [1.807, 2.05) is 6.07 Å². The lowest BCUT2D eigenvalue weighted by Gasteiger charge is -2.37. The first-order valence-corrected chi connectivity index (χ1v) is 17.2. The van der Waals surface area contributed by atoms with Gasteiger partial charge in [-0.2, -0.15) is 0 Å². The molecule has 0 unspecified atom stereocenters. The molecule has 0 amide bonds. The van der Waals surface area contributed by atoms with E-state index in [0.717, 1.165) is 49.2 Å². The first kappa shape index (κ1) is 33.1. The average Bonchev–Trinajstić information content (AvgIpc) is 3.07. The van der Waals surface area contributed by atoms with Crippen molar-refractivity contribution in [3.8, 4) is 46.0 Å². The molecule has 2 atom stereocenters. The van der Waals surface area contributed by atoms with Gasteiger partial charge in [-0.15, -0.1) is 0 Å². The average molecular weight is 665 g/mol. The summed E-state index contributed by atoms with van der Waals surface area (Å²) in [6, 6.07) is 21.4. The number of hydrogen-bond acceptors (Lipinski definition) is 8. The quantitative estimate of drug-likeness (QED) is 0.216. The predicted molar refractivity (Wildman–Crippen MR) is 192 cm³/mol. The molecule has 6 bridgehead atoms. The molecule has 0 saturated heterocycles. The van der Waals surface area contributed by atoms with Crippen LogP contribution in [0.25, 0.3) is 0 Å². The highest BCUT2D eigenvalue weighted by Crippen LogP contribution is 2.52. The van der Waals surface area contributed by atoms with E-state index in [1.54, 1.807) is 21.3 Å². The molecule has 49 heavy (non-hydrogen) atoms. The SMILES string of the molecule is COc1cc2c3cc1Oc1c(OC)c(OC)cc4c1[C@@H](Cc1ccc(OC(C)(C)C)c(c1)Oc1ccc(cc1)C[C@@H]3N(C)CC2)N(C)CC4. The van der Waals surface area contributed by atoms with E-state index in [-0.39, 0.29) is 17.7 Å². The van der Waals surface area contributed by atoms with Crippen LogP contribution in [0.2, 0.25) is 0 Å². The molecule has 8 heteroatoms. The van der Waals surface area contributed by atoms with Gasteiger partial charge >= 0.3 is 0 Å². The van der Waals surface area contributed by atoms with Gasteiger partial charge in [0.15, 0.2) is 34.5 Å². The molecule has 4 aliphatic rings. The third-order valence-corrected chi connectivity index (χ3v) is 10.0. The Morgan fingerprint density at radius 1 is 0.653 bits per heavy atom. The second-order valence-corrected chi connectivity index (χ2v) is 14.5. The van der Waals surface area contributed by atoms with Gasteiger partial charge in [0, 0.05) is 30.7 Å². The number of ether oxygens (including phenoxy) is 6. The van der Waals surface area contributed by atoms with Crippen LogP contribution in [0.15, 0.2) is 60.7 Å². The lowest BCUT2D eigenvalue weighted by Crippen LogP contribution is -2.34. The summed E-state index contributed by atoms with van der Waals surface area (Å²) in [4.78, 5) is 4.83. The van der Waals surface area contributed by atoms with Gasteiger partial charge in [0.2, 0.25) is 5.75 Å². The van der Waals surface area contributed by atoms with Crippen LogP contribution in [0.1, 0.15) is 66.2 Å². The minimum atomic E-state index is -0.385. The van der Waals surface area contributed by atoms with E-state index in [4.69, 9.17) is 28.4 Å². The zero-order valence-electron chi connectivity index (χ0n) is 30.0. The molecule has 0 radical (unpaired) electrons. The van der Waals surface area contributed by atoms with Gasteiger partial charge in [-0.1, -0.05) is 18.2 Å². The summed E-state index contributed by atoms with van der Waals surface area (Å²) in [6.07, 6.45) is 3.35. The number of fused-ring (bicyclic) bond motifs is 2. The fourth-order valence-electron chi connectivity index (χ4n) is 7.52. The topological polar surface area (TPSA) is 61.9 Å². The summed E-state index contributed by atoms with van der Waals surface area (Å²) >= 11 is 0. The summed E-state index contributed by atoms with van der Waals surface area (Å²) in [5.41, 5.74) is 6.76. The molecule has 4 heterocycles. The molecule has 0 spiro atoms. The van der Waals surface area contributed by atoms with Crippen LogP contribution < -0.4 is 28.4 Å². The summed E-state index contributed by atoms with van der Waals surface area (Å²) < 4.78 is 38.1. The molecule has 0 aromatic heterocycles. The van der Waals surface area contributed by atoms with Crippen molar-refractivity contribution >= 4 is 0 Å². The van der Waals surface area contributed by atoms with E-state index in [0.29, 0.717) is 46.7 Å². The van der Waals surface area contributed by atoms with Gasteiger partial charge in [0.25, 0.3) is 0 Å². The standard InChI is InChI=1S/C41H48N2O6/c1-41(2,3)49-33-14-11-26-20-32-38-28(16-18-43(32)5)23-37(45-7)39(46-8)40(38)48-36-24-30-27(22-34(36)44-6)15-17-42(4)31(30)19-25-9-12-29(13-10-25)47-35(33)21-26/h9-14,21-24,31-32H,15-20H2,1-8H3/t31-,32+/m0/s1. The Balaban J connectivity index is 1.45. The third-order valence-electron chi connectivity index (χ3n) is 10.0. The predicted octanol–water partition coefficient (Wildman–Crippen LogP) is 8.33. The molecule has 4 aromatic carbocycles. The van der Waals surface area contributed by atoms with Crippen molar-refractivity contribution in [1.29, 1.82) is 0 Å². The zero-order chi connectivity index (χ0) is 34.4. The molecule has 4 aliphatic heterocycles. The van der Waals surface area contributed by atoms with Crippen molar-refractivity contribution in [2.24, 2.45) is 0 Å². The van der Waals surface area contributed by atoms with Crippen LogP contribution in [-0.4, -0.2) is 63.9 Å². The molecule has 8 rings (SSSR count). The van der Waals surface area contributed by atoms with E-state index in [1.165, 1.54) is 22.3 Å². The molecule has 0 aliphatic carbocycles. The fraction of sp³-hybridized carbons (Fsp3) is 0.415. The van der Waals surface area contributed by atoms with Crippen LogP contribution in [0.3, 0.4) is 0 Å². The van der Waals surface area contributed by atoms with Crippen LogP contribution in [-0.2, 0) is 25.7 Å². The summed E-state index contributed by atoms with van der Waals surface area (Å²) in [6.45, 7) is 8.01. The van der Waals surface area contributed by atoms with Crippen LogP contribution >= 0.6 is 0 Å². The van der Waals surface area contributed by atoms with Gasteiger partial charge in [0.1, 0.15) is 11.4 Å². The maximum Gasteiger partial charge on any atom is 0.204 e. The Hall–Kier alpha value is -4.40. The van der Waals surface area contributed by atoms with Crippen molar-refractivity contribution < 1.29 is 28.4 Å². The molecule has 8 nitrogen and oxygen atoms in total. The van der Waals surface area contributed by atoms with Crippen molar-refractivity contribution in [1.82, 2.24) is 9.80 Å². The minimum absolute atomic E-state index is 0.0125. The number of likely N-dealkylation sites (N-methyl/N-ethyl adjacent to an activating group) is 2. The van der Waals surface area contributed by atoms with Crippen LogP contribution in [0.5, 0.6) is 46.0 Å². The highest BCUT2D eigenvalue weighted by molar-refractivity contribution is 5.64. The lowest BCUT2D eigenvalue weighted by atomic mass is 9.87. The van der Waals surface area contributed by atoms with Crippen molar-refractivity contribution in [2.75, 3.05) is 48.5 Å². The van der Waals surface area contributed by atoms with Gasteiger partial charge in [0.05, 0.1) is 21.3 Å². The van der Waals surface area contributed by atoms with E-state index >= 15 is 0 Å². The molecule has 0 saturated carbocycles. The first-order valence-electron chi connectivity index (χ1n) is 17.2. The first-order chi connectivity index (χ1) is 23.5. The second kappa shape index (κ2) is 13.1. The highest BCUT2D eigenvalue weighted by atomic mass is 16.5. The molecular formula is C41H48N2O6. The van der Waals surface area contributed by atoms with E-state index in [2.05, 4.69) is 99.3 Å². The number of rotatable bonds is 4. The molecule has 0 N–H and O–H groups in total. The van der Waals surface area contributed by atoms with Crippen molar-refractivity contribution in [3.63, 3.8) is 0 Å². The Morgan fingerprint density at radius 3 is 1.98 bits per heavy atom. The zero-order valence-corrected chi connectivity index (χ0v) is 30.0. The summed E-state index contributed by atoms with van der Waals surface area (Å²) in [5, 5.41) is 0. The smallest absolute Gasteiger partial charge is 0.204 e. The normalized spacial score (nSPS) is 19.1. The number of nitrogens with zero attached hydrogens (tertiary/aromatic N) is 2. The lowest BCUT2D eigenvalue weighted by molar-refractivity contribution is 0.126. The van der Waals surface area contributed by atoms with E-state index < -0.39 is 0 Å². The molecule has 4 aromatic rings. The number of methoxy groups -OCH3 is 3. The minimum Gasteiger partial charge on any atom is -0.493 e. The molecule has 0 fully saturated rings. The Labute approximate surface area is 290 Å². The van der Waals surface area contributed by atoms with Gasteiger partial charge < -0.3 is 28.4 Å². The van der Waals surface area contributed by atoms with Crippen molar-refractivity contribution in [2.45, 2.75) is 64.1 Å². The number of benzene rings is 4. The van der Waals surface area contributed by atoms with Gasteiger partial charge in [-0.3, -0.25) is 9.80 Å². The number of hydrogen-bond donors (Lipinski definition) is 0. The van der Waals surface area contributed by atoms with Crippen LogP contribution in [0, 0.1) is 0 Å².